The van der Waals surface area contributed by atoms with Gasteiger partial charge in [0.2, 0.25) is 0 Å². The summed E-state index contributed by atoms with van der Waals surface area (Å²) in [6, 6.07) is 5.53. The van der Waals surface area contributed by atoms with Crippen LogP contribution >= 0.6 is 0 Å². The molecule has 1 fully saturated rings. The monoisotopic (exact) mass is 286 g/mol. The summed E-state index contributed by atoms with van der Waals surface area (Å²) in [5.74, 6) is 0. The Bertz CT molecular complexity index is 428. The van der Waals surface area contributed by atoms with Gasteiger partial charge in [-0.2, -0.15) is 13.2 Å². The molecule has 0 spiro atoms. The summed E-state index contributed by atoms with van der Waals surface area (Å²) in [6.45, 7) is 3.91. The summed E-state index contributed by atoms with van der Waals surface area (Å²) in [7, 11) is 0. The molecule has 1 saturated heterocycles. The average Bonchev–Trinajstić information content (AvgIpc) is 2.85. The van der Waals surface area contributed by atoms with E-state index in [-0.39, 0.29) is 6.04 Å². The molecule has 0 amide bonds. The smallest absolute Gasteiger partial charge is 0.323 e. The van der Waals surface area contributed by atoms with Crippen LogP contribution in [0.2, 0.25) is 0 Å². The molecule has 2 unspecified atom stereocenters. The lowest BCUT2D eigenvalue weighted by atomic mass is 10.0. The van der Waals surface area contributed by atoms with Crippen LogP contribution in [-0.4, -0.2) is 24.0 Å². The highest BCUT2D eigenvalue weighted by Gasteiger charge is 2.30. The summed E-state index contributed by atoms with van der Waals surface area (Å²) in [5, 5.41) is 0. The SMILES string of the molecule is CCC1CCCN1CC(N)c1ccc(C(F)(F)F)cc1. The number of likely N-dealkylation sites (tertiary alicyclic amines) is 1. The molecule has 5 heteroatoms. The highest BCUT2D eigenvalue weighted by molar-refractivity contribution is 5.26. The molecule has 1 aromatic rings. The highest BCUT2D eigenvalue weighted by Crippen LogP contribution is 2.30. The fourth-order valence-corrected chi connectivity index (χ4v) is 2.88. The Balaban J connectivity index is 2.00. The third kappa shape index (κ3) is 3.52. The van der Waals surface area contributed by atoms with Crippen LogP contribution in [0.5, 0.6) is 0 Å². The van der Waals surface area contributed by atoms with E-state index >= 15 is 0 Å². The molecular formula is C15H21F3N2. The van der Waals surface area contributed by atoms with Crippen molar-refractivity contribution in [1.29, 1.82) is 0 Å². The number of benzene rings is 1. The number of hydrogen-bond donors (Lipinski definition) is 1. The van der Waals surface area contributed by atoms with Crippen LogP contribution in [-0.2, 0) is 6.18 Å². The van der Waals surface area contributed by atoms with Crippen LogP contribution in [0.25, 0.3) is 0 Å². The van der Waals surface area contributed by atoms with E-state index in [1.54, 1.807) is 0 Å². The molecule has 112 valence electrons. The van der Waals surface area contributed by atoms with Crippen molar-refractivity contribution in [3.05, 3.63) is 35.4 Å². The van der Waals surface area contributed by atoms with Gasteiger partial charge in [-0.05, 0) is 43.5 Å². The van der Waals surface area contributed by atoms with Gasteiger partial charge in [-0.1, -0.05) is 19.1 Å². The second-order valence-corrected chi connectivity index (χ2v) is 5.43. The predicted molar refractivity (Wildman–Crippen MR) is 73.3 cm³/mol. The largest absolute Gasteiger partial charge is 0.416 e. The van der Waals surface area contributed by atoms with Crippen molar-refractivity contribution < 1.29 is 13.2 Å². The van der Waals surface area contributed by atoms with E-state index in [4.69, 9.17) is 5.73 Å². The first-order valence-corrected chi connectivity index (χ1v) is 7.08. The molecular weight excluding hydrogens is 265 g/mol. The highest BCUT2D eigenvalue weighted by atomic mass is 19.4. The van der Waals surface area contributed by atoms with Gasteiger partial charge in [0.1, 0.15) is 0 Å². The standard InChI is InChI=1S/C15H21F3N2/c1-2-13-4-3-9-20(13)10-14(19)11-5-7-12(8-6-11)15(16,17)18/h5-8,13-14H,2-4,9-10,19H2,1H3. The van der Waals surface area contributed by atoms with E-state index in [2.05, 4.69) is 11.8 Å². The average molecular weight is 286 g/mol. The number of alkyl halides is 3. The van der Waals surface area contributed by atoms with Crippen LogP contribution < -0.4 is 5.73 Å². The van der Waals surface area contributed by atoms with Crippen molar-refractivity contribution in [2.45, 2.75) is 44.4 Å². The van der Waals surface area contributed by atoms with Crippen molar-refractivity contribution in [3.8, 4) is 0 Å². The molecule has 2 nitrogen and oxygen atoms in total. The van der Waals surface area contributed by atoms with Gasteiger partial charge in [-0.15, -0.1) is 0 Å². The molecule has 0 aromatic heterocycles. The van der Waals surface area contributed by atoms with E-state index < -0.39 is 11.7 Å². The Kier molecular flexibility index (Phi) is 4.70. The van der Waals surface area contributed by atoms with Crippen molar-refractivity contribution in [2.24, 2.45) is 5.73 Å². The van der Waals surface area contributed by atoms with Gasteiger partial charge in [0.15, 0.2) is 0 Å². The Morgan fingerprint density at radius 3 is 2.50 bits per heavy atom. The molecule has 20 heavy (non-hydrogen) atoms. The molecule has 1 aliphatic rings. The molecule has 1 aliphatic heterocycles. The summed E-state index contributed by atoms with van der Waals surface area (Å²) in [6.07, 6.45) is -0.820. The summed E-state index contributed by atoms with van der Waals surface area (Å²) in [4.78, 5) is 2.35. The van der Waals surface area contributed by atoms with Crippen LogP contribution in [0.15, 0.2) is 24.3 Å². The van der Waals surface area contributed by atoms with Crippen LogP contribution in [0, 0.1) is 0 Å². The Morgan fingerprint density at radius 1 is 1.30 bits per heavy atom. The van der Waals surface area contributed by atoms with Gasteiger partial charge in [0.05, 0.1) is 5.56 Å². The molecule has 2 N–H and O–H groups in total. The molecule has 1 aromatic carbocycles. The van der Waals surface area contributed by atoms with Crippen molar-refractivity contribution in [1.82, 2.24) is 4.90 Å². The van der Waals surface area contributed by atoms with E-state index in [9.17, 15) is 13.2 Å². The van der Waals surface area contributed by atoms with Gasteiger partial charge < -0.3 is 5.73 Å². The number of hydrogen-bond acceptors (Lipinski definition) is 2. The van der Waals surface area contributed by atoms with Crippen molar-refractivity contribution >= 4 is 0 Å². The summed E-state index contributed by atoms with van der Waals surface area (Å²) in [5.41, 5.74) is 6.27. The van der Waals surface area contributed by atoms with Gasteiger partial charge in [-0.3, -0.25) is 4.90 Å². The lowest BCUT2D eigenvalue weighted by molar-refractivity contribution is -0.137. The van der Waals surface area contributed by atoms with E-state index in [0.717, 1.165) is 30.7 Å². The topological polar surface area (TPSA) is 29.3 Å². The third-order valence-corrected chi connectivity index (χ3v) is 4.07. The number of halogens is 3. The molecule has 0 bridgehead atoms. The fraction of sp³-hybridized carbons (Fsp3) is 0.600. The lowest BCUT2D eigenvalue weighted by Gasteiger charge is -2.26. The first-order valence-electron chi connectivity index (χ1n) is 7.08. The third-order valence-electron chi connectivity index (χ3n) is 4.07. The normalized spacial score (nSPS) is 22.1. The second kappa shape index (κ2) is 6.14. The van der Waals surface area contributed by atoms with Crippen molar-refractivity contribution in [2.75, 3.05) is 13.1 Å². The zero-order chi connectivity index (χ0) is 14.8. The van der Waals surface area contributed by atoms with Crippen LogP contribution in [0.3, 0.4) is 0 Å². The second-order valence-electron chi connectivity index (χ2n) is 5.43. The Morgan fingerprint density at radius 2 is 1.95 bits per heavy atom. The molecule has 2 rings (SSSR count). The molecule has 0 aliphatic carbocycles. The van der Waals surface area contributed by atoms with Gasteiger partial charge in [-0.25, -0.2) is 0 Å². The van der Waals surface area contributed by atoms with Gasteiger partial charge >= 0.3 is 6.18 Å². The number of nitrogens with two attached hydrogens (primary N) is 1. The zero-order valence-corrected chi connectivity index (χ0v) is 11.7. The number of nitrogens with zero attached hydrogens (tertiary/aromatic N) is 1. The maximum absolute atomic E-state index is 12.5. The quantitative estimate of drug-likeness (QED) is 0.916. The summed E-state index contributed by atoms with van der Waals surface area (Å²) >= 11 is 0. The van der Waals surface area contributed by atoms with Crippen LogP contribution in [0.1, 0.15) is 43.4 Å². The van der Waals surface area contributed by atoms with E-state index in [0.29, 0.717) is 12.6 Å². The maximum atomic E-state index is 12.5. The molecule has 0 saturated carbocycles. The predicted octanol–water partition coefficient (Wildman–Crippen LogP) is 3.58. The Hall–Kier alpha value is -1.07. The first kappa shape index (κ1) is 15.3. The van der Waals surface area contributed by atoms with Crippen molar-refractivity contribution in [3.63, 3.8) is 0 Å². The zero-order valence-electron chi connectivity index (χ0n) is 11.7. The maximum Gasteiger partial charge on any atom is 0.416 e. The fourth-order valence-electron chi connectivity index (χ4n) is 2.88. The number of rotatable bonds is 4. The summed E-state index contributed by atoms with van der Waals surface area (Å²) < 4.78 is 37.5. The minimum absolute atomic E-state index is 0.232. The molecule has 0 radical (unpaired) electrons. The molecule has 2 atom stereocenters. The van der Waals surface area contributed by atoms with Gasteiger partial charge in [0.25, 0.3) is 0 Å². The van der Waals surface area contributed by atoms with E-state index in [1.807, 2.05) is 0 Å². The minimum Gasteiger partial charge on any atom is -0.323 e. The van der Waals surface area contributed by atoms with E-state index in [1.165, 1.54) is 25.0 Å². The first-order chi connectivity index (χ1) is 9.41. The van der Waals surface area contributed by atoms with Crippen LogP contribution in [0.4, 0.5) is 13.2 Å². The minimum atomic E-state index is -4.29. The molecule has 1 heterocycles. The lowest BCUT2D eigenvalue weighted by Crippen LogP contribution is -2.35. The Labute approximate surface area is 117 Å². The van der Waals surface area contributed by atoms with Gasteiger partial charge in [0, 0.05) is 18.6 Å².